The van der Waals surface area contributed by atoms with Gasteiger partial charge in [0.2, 0.25) is 5.43 Å². The van der Waals surface area contributed by atoms with E-state index in [1.165, 1.54) is 0 Å². The van der Waals surface area contributed by atoms with Gasteiger partial charge in [-0.2, -0.15) is 0 Å². The molecule has 2 aromatic carbocycles. The number of hydrogen-bond acceptors (Lipinski definition) is 5. The molecule has 0 bridgehead atoms. The predicted octanol–water partition coefficient (Wildman–Crippen LogP) is 3.61. The van der Waals surface area contributed by atoms with E-state index in [0.717, 1.165) is 28.0 Å². The highest BCUT2D eigenvalue weighted by Crippen LogP contribution is 2.39. The van der Waals surface area contributed by atoms with E-state index in [1.807, 2.05) is 35.8 Å². The maximum Gasteiger partial charge on any atom is 0.343 e. The molecule has 0 radical (unpaired) electrons. The van der Waals surface area contributed by atoms with Crippen LogP contribution < -0.4 is 14.9 Å². The van der Waals surface area contributed by atoms with E-state index in [-0.39, 0.29) is 17.6 Å². The lowest BCUT2D eigenvalue weighted by atomic mass is 9.92. The summed E-state index contributed by atoms with van der Waals surface area (Å²) < 4.78 is 18.1. The molecule has 0 saturated heterocycles. The average Bonchev–Trinajstić information content (AvgIpc) is 2.70. The van der Waals surface area contributed by atoms with Gasteiger partial charge < -0.3 is 18.8 Å². The third-order valence-corrected chi connectivity index (χ3v) is 4.89. The Morgan fingerprint density at radius 2 is 1.89 bits per heavy atom. The van der Waals surface area contributed by atoms with Gasteiger partial charge in [-0.3, -0.25) is 4.79 Å². The van der Waals surface area contributed by atoms with Crippen LogP contribution in [-0.4, -0.2) is 30.9 Å². The van der Waals surface area contributed by atoms with Crippen molar-refractivity contribution in [1.82, 2.24) is 4.57 Å². The molecule has 0 fully saturated rings. The SMILES string of the molecule is CCOC(=O)c1cn2c3c(cc(OCC)cc3c1=O)-c1ccc(OC)cc1C2. The number of carbonyl (C=O) groups excluding carboxylic acids is 1. The Bertz CT molecular complexity index is 1150. The predicted molar refractivity (Wildman–Crippen MR) is 106 cm³/mol. The average molecular weight is 379 g/mol. The van der Waals surface area contributed by atoms with Crippen LogP contribution in [-0.2, 0) is 11.3 Å². The van der Waals surface area contributed by atoms with Gasteiger partial charge in [0.15, 0.2) is 0 Å². The van der Waals surface area contributed by atoms with Crippen LogP contribution in [0, 0.1) is 0 Å². The summed E-state index contributed by atoms with van der Waals surface area (Å²) in [5.74, 6) is 0.738. The molecule has 1 aliphatic heterocycles. The first-order valence-corrected chi connectivity index (χ1v) is 9.25. The molecule has 0 amide bonds. The Morgan fingerprint density at radius 1 is 1.07 bits per heavy atom. The molecule has 144 valence electrons. The number of benzene rings is 2. The number of hydrogen-bond donors (Lipinski definition) is 0. The van der Waals surface area contributed by atoms with Crippen LogP contribution in [0.4, 0.5) is 0 Å². The second-order valence-corrected chi connectivity index (χ2v) is 6.54. The molecule has 1 aliphatic rings. The summed E-state index contributed by atoms with van der Waals surface area (Å²) in [6.45, 7) is 4.82. The molecule has 28 heavy (non-hydrogen) atoms. The van der Waals surface area contributed by atoms with Gasteiger partial charge in [0.1, 0.15) is 17.1 Å². The van der Waals surface area contributed by atoms with Crippen LogP contribution >= 0.6 is 0 Å². The number of ether oxygens (including phenoxy) is 3. The molecule has 0 spiro atoms. The fraction of sp³-hybridized carbons (Fsp3) is 0.273. The largest absolute Gasteiger partial charge is 0.497 e. The topological polar surface area (TPSA) is 66.8 Å². The summed E-state index contributed by atoms with van der Waals surface area (Å²) >= 11 is 0. The monoisotopic (exact) mass is 379 g/mol. The highest BCUT2D eigenvalue weighted by atomic mass is 16.5. The summed E-state index contributed by atoms with van der Waals surface area (Å²) in [5.41, 5.74) is 3.44. The van der Waals surface area contributed by atoms with Crippen LogP contribution in [0.1, 0.15) is 29.8 Å². The molecule has 0 aliphatic carbocycles. The summed E-state index contributed by atoms with van der Waals surface area (Å²) in [4.78, 5) is 25.4. The molecule has 0 saturated carbocycles. The van der Waals surface area contributed by atoms with Gasteiger partial charge in [-0.25, -0.2) is 4.79 Å². The quantitative estimate of drug-likeness (QED) is 0.496. The van der Waals surface area contributed by atoms with E-state index in [2.05, 4.69) is 0 Å². The summed E-state index contributed by atoms with van der Waals surface area (Å²) in [6, 6.07) is 9.51. The standard InChI is InChI=1S/C22H21NO5/c1-4-27-15-9-17-16-7-6-14(26-3)8-13(16)11-23-12-19(22(25)28-5-2)21(24)18(10-15)20(17)23/h6-10,12H,4-5,11H2,1-3H3. The smallest absolute Gasteiger partial charge is 0.343 e. The van der Waals surface area contributed by atoms with Crippen molar-refractivity contribution in [2.75, 3.05) is 20.3 Å². The van der Waals surface area contributed by atoms with Crippen molar-refractivity contribution in [3.8, 4) is 22.6 Å². The number of rotatable bonds is 5. The minimum atomic E-state index is -0.613. The van der Waals surface area contributed by atoms with E-state index in [1.54, 1.807) is 26.3 Å². The Morgan fingerprint density at radius 3 is 2.61 bits per heavy atom. The second kappa shape index (κ2) is 7.03. The minimum absolute atomic E-state index is 0.0281. The molecule has 4 rings (SSSR count). The highest BCUT2D eigenvalue weighted by Gasteiger charge is 2.24. The van der Waals surface area contributed by atoms with Gasteiger partial charge in [-0.1, -0.05) is 6.07 Å². The first kappa shape index (κ1) is 18.1. The van der Waals surface area contributed by atoms with E-state index >= 15 is 0 Å². The number of esters is 1. The van der Waals surface area contributed by atoms with Crippen LogP contribution in [0.2, 0.25) is 0 Å². The third kappa shape index (κ3) is 2.81. The molecule has 1 aromatic heterocycles. The number of methoxy groups -OCH3 is 1. The van der Waals surface area contributed by atoms with E-state index in [9.17, 15) is 9.59 Å². The van der Waals surface area contributed by atoms with Crippen LogP contribution in [0.3, 0.4) is 0 Å². The van der Waals surface area contributed by atoms with Crippen LogP contribution in [0.25, 0.3) is 22.0 Å². The zero-order chi connectivity index (χ0) is 19.8. The maximum absolute atomic E-state index is 13.1. The first-order valence-electron chi connectivity index (χ1n) is 9.25. The van der Waals surface area contributed by atoms with Gasteiger partial charge in [0, 0.05) is 18.3 Å². The van der Waals surface area contributed by atoms with E-state index < -0.39 is 5.97 Å². The van der Waals surface area contributed by atoms with Crippen LogP contribution in [0.5, 0.6) is 11.5 Å². The number of fused-ring (bicyclic) bond motifs is 2. The molecule has 6 nitrogen and oxygen atoms in total. The molecular formula is C22H21NO5. The Labute approximate surface area is 162 Å². The molecule has 3 aromatic rings. The highest BCUT2D eigenvalue weighted by molar-refractivity contribution is 6.01. The Balaban J connectivity index is 2.05. The maximum atomic E-state index is 13.1. The fourth-order valence-corrected chi connectivity index (χ4v) is 3.72. The van der Waals surface area contributed by atoms with Crippen molar-refractivity contribution in [1.29, 1.82) is 0 Å². The van der Waals surface area contributed by atoms with Crippen molar-refractivity contribution < 1.29 is 19.0 Å². The summed E-state index contributed by atoms with van der Waals surface area (Å²) in [6.07, 6.45) is 1.59. The van der Waals surface area contributed by atoms with E-state index in [4.69, 9.17) is 14.2 Å². The lowest BCUT2D eigenvalue weighted by Crippen LogP contribution is -2.23. The van der Waals surface area contributed by atoms with Crippen molar-refractivity contribution >= 4 is 16.9 Å². The second-order valence-electron chi connectivity index (χ2n) is 6.54. The third-order valence-electron chi connectivity index (χ3n) is 4.89. The molecular weight excluding hydrogens is 358 g/mol. The van der Waals surface area contributed by atoms with Gasteiger partial charge in [0.05, 0.1) is 31.2 Å². The van der Waals surface area contributed by atoms with Gasteiger partial charge in [-0.15, -0.1) is 0 Å². The van der Waals surface area contributed by atoms with Crippen LogP contribution in [0.15, 0.2) is 41.3 Å². The van der Waals surface area contributed by atoms with E-state index in [0.29, 0.717) is 24.3 Å². The van der Waals surface area contributed by atoms with Gasteiger partial charge >= 0.3 is 5.97 Å². The Kier molecular flexibility index (Phi) is 4.55. The minimum Gasteiger partial charge on any atom is -0.497 e. The lowest BCUT2D eigenvalue weighted by molar-refractivity contribution is 0.0524. The van der Waals surface area contributed by atoms with Gasteiger partial charge in [-0.05, 0) is 49.2 Å². The first-order chi connectivity index (χ1) is 13.6. The van der Waals surface area contributed by atoms with Crippen molar-refractivity contribution in [2.45, 2.75) is 20.4 Å². The summed E-state index contributed by atoms with van der Waals surface area (Å²) in [7, 11) is 1.63. The number of pyridine rings is 1. The molecule has 0 unspecified atom stereocenters. The molecule has 2 heterocycles. The number of aromatic nitrogens is 1. The molecule has 0 N–H and O–H groups in total. The molecule has 6 heteroatoms. The summed E-state index contributed by atoms with van der Waals surface area (Å²) in [5, 5.41) is 0.452. The normalized spacial score (nSPS) is 11.8. The number of carbonyl (C=O) groups is 1. The zero-order valence-electron chi connectivity index (χ0n) is 16.1. The van der Waals surface area contributed by atoms with Gasteiger partial charge in [0.25, 0.3) is 0 Å². The van der Waals surface area contributed by atoms with Crippen molar-refractivity contribution in [2.24, 2.45) is 0 Å². The fourth-order valence-electron chi connectivity index (χ4n) is 3.72. The number of nitrogens with zero attached hydrogens (tertiary/aromatic N) is 1. The lowest BCUT2D eigenvalue weighted by Gasteiger charge is -2.24. The van der Waals surface area contributed by atoms with Crippen molar-refractivity contribution in [3.05, 3.63) is 57.9 Å². The van der Waals surface area contributed by atoms with Crippen molar-refractivity contribution in [3.63, 3.8) is 0 Å². The molecule has 0 atom stereocenters. The Hall–Kier alpha value is -3.28. The zero-order valence-corrected chi connectivity index (χ0v) is 16.1.